The minimum Gasteiger partial charge on any atom is -0.459 e. The first-order valence-corrected chi connectivity index (χ1v) is 33.0. The molecule has 4 aliphatic heterocycles. The lowest BCUT2D eigenvalue weighted by Gasteiger charge is -2.32. The molecule has 10 rings (SSSR count). The van der Waals surface area contributed by atoms with E-state index in [-0.39, 0.29) is 54.5 Å². The van der Waals surface area contributed by atoms with Gasteiger partial charge in [0.25, 0.3) is 0 Å². The van der Waals surface area contributed by atoms with Gasteiger partial charge < -0.3 is 33.7 Å². The van der Waals surface area contributed by atoms with E-state index in [2.05, 4.69) is 64.3 Å². The van der Waals surface area contributed by atoms with Crippen LogP contribution in [0, 0.1) is 11.6 Å². The number of hydrogen-bond donors (Lipinski definition) is 1. The van der Waals surface area contributed by atoms with Crippen molar-refractivity contribution in [3.63, 3.8) is 0 Å². The number of unbranched alkanes of at least 4 members (excludes halogenated alkanes) is 2. The molecule has 6 atom stereocenters. The number of hydrogen-bond acceptors (Lipinski definition) is 12. The van der Waals surface area contributed by atoms with Crippen LogP contribution in [0.4, 0.5) is 8.78 Å². The maximum absolute atomic E-state index is 14.7. The standard InChI is InChI=1S/C35H49FN2O4.C18H24BrFO3.C17H26N2O.CH4/c1-34(2,3)42-33(39)32(29-22-25(36)14-16-28(29)31-17-19-35(4,5)41-31)38-20-18-27(23-38)40-21-9-8-11-26-15-13-24-10-6-7-12-30(24)37-26;1-17(2,3)23-16(21)15(19)13-10-11(20)6-7-12(13)14-8-9-18(4,5)22-14;1-2-7-17-14(5-1)8-9-15(19-17)6-3-4-12-20-16-10-11-18-13-16;/h13-16,22,27,31-32H,6-12,17-21,23H2,1-5H3;6-7,10,14-15H,8-9H2,1-5H3;8-9,16,18H,1-7,10-13H2;1H4/t27-,31?,32?;;16-;/m1.1./s1. The molecule has 476 valence electrons. The third kappa shape index (κ3) is 20.9. The first-order valence-electron chi connectivity index (χ1n) is 32.0. The van der Waals surface area contributed by atoms with E-state index < -0.39 is 28.0 Å². The molecule has 1 N–H and O–H groups in total. The minimum atomic E-state index is -0.722. The lowest BCUT2D eigenvalue weighted by atomic mass is 9.93. The molecule has 6 heterocycles. The number of fused-ring (bicyclic) bond motifs is 2. The number of benzene rings is 2. The summed E-state index contributed by atoms with van der Waals surface area (Å²) < 4.78 is 64.3. The fourth-order valence-corrected chi connectivity index (χ4v) is 13.1. The van der Waals surface area contributed by atoms with Crippen molar-refractivity contribution in [2.45, 2.75) is 263 Å². The van der Waals surface area contributed by atoms with Gasteiger partial charge in [0.05, 0.1) is 35.6 Å². The molecule has 4 aromatic rings. The maximum Gasteiger partial charge on any atom is 0.328 e. The number of nitrogens with zero attached hydrogens (tertiary/aromatic N) is 3. The van der Waals surface area contributed by atoms with Gasteiger partial charge in [-0.2, -0.15) is 0 Å². The van der Waals surface area contributed by atoms with Crippen LogP contribution < -0.4 is 5.32 Å². The van der Waals surface area contributed by atoms with Crippen molar-refractivity contribution in [3.8, 4) is 0 Å². The van der Waals surface area contributed by atoms with Gasteiger partial charge in [-0.15, -0.1) is 0 Å². The Labute approximate surface area is 522 Å². The number of rotatable bonds is 19. The zero-order valence-corrected chi connectivity index (χ0v) is 54.4. The Bertz CT molecular complexity index is 2830. The molecule has 2 aromatic heterocycles. The number of halogens is 3. The van der Waals surface area contributed by atoms with Crippen LogP contribution in [0.25, 0.3) is 0 Å². The summed E-state index contributed by atoms with van der Waals surface area (Å²) in [6.45, 7) is 24.3. The van der Waals surface area contributed by atoms with E-state index in [9.17, 15) is 18.4 Å². The molecule has 86 heavy (non-hydrogen) atoms. The minimum absolute atomic E-state index is 0. The summed E-state index contributed by atoms with van der Waals surface area (Å²) in [5, 5.41) is 3.33. The molecule has 4 saturated heterocycles. The number of pyridine rings is 2. The monoisotopic (exact) mass is 1260 g/mol. The summed E-state index contributed by atoms with van der Waals surface area (Å²) in [6.07, 6.45) is 21.9. The summed E-state index contributed by atoms with van der Waals surface area (Å²) >= 11 is 3.37. The Balaban J connectivity index is 0.000000202. The van der Waals surface area contributed by atoms with Crippen molar-refractivity contribution in [2.75, 3.05) is 39.4 Å². The topological polar surface area (TPSA) is 131 Å². The number of aryl methyl sites for hydroxylation is 6. The highest BCUT2D eigenvalue weighted by atomic mass is 79.9. The van der Waals surface area contributed by atoms with Gasteiger partial charge >= 0.3 is 11.9 Å². The lowest BCUT2D eigenvalue weighted by molar-refractivity contribution is -0.161. The molecular formula is C71H103BrF2N4O8. The van der Waals surface area contributed by atoms with Crippen LogP contribution in [0.1, 0.15) is 246 Å². The summed E-state index contributed by atoms with van der Waals surface area (Å²) in [4.78, 5) is 37.2. The number of likely N-dealkylation sites (tertiary alicyclic amines) is 1. The molecule has 2 aliphatic carbocycles. The van der Waals surface area contributed by atoms with Crippen molar-refractivity contribution >= 4 is 27.9 Å². The van der Waals surface area contributed by atoms with Crippen molar-refractivity contribution < 1.29 is 46.8 Å². The van der Waals surface area contributed by atoms with E-state index in [4.69, 9.17) is 38.4 Å². The molecule has 0 amide bonds. The van der Waals surface area contributed by atoms with E-state index in [1.54, 1.807) is 32.9 Å². The highest BCUT2D eigenvalue weighted by Crippen LogP contribution is 2.45. The predicted molar refractivity (Wildman–Crippen MR) is 341 cm³/mol. The van der Waals surface area contributed by atoms with Gasteiger partial charge in [-0.25, -0.2) is 13.6 Å². The molecule has 0 spiro atoms. The molecule has 15 heteroatoms. The maximum atomic E-state index is 14.7. The molecule has 6 aliphatic rings. The number of carbonyl (C=O) groups is 2. The highest BCUT2D eigenvalue weighted by molar-refractivity contribution is 9.09. The Morgan fingerprint density at radius 1 is 0.651 bits per heavy atom. The van der Waals surface area contributed by atoms with Gasteiger partial charge in [0, 0.05) is 55.6 Å². The summed E-state index contributed by atoms with van der Waals surface area (Å²) in [5.41, 5.74) is 9.24. The fraction of sp³-hybridized carbons (Fsp3) is 0.662. The molecule has 0 bridgehead atoms. The Kier molecular flexibility index (Phi) is 25.4. The smallest absolute Gasteiger partial charge is 0.328 e. The molecule has 0 radical (unpaired) electrons. The van der Waals surface area contributed by atoms with Crippen LogP contribution in [-0.2, 0) is 76.5 Å². The number of nitrogens with one attached hydrogen (secondary N) is 1. The number of ether oxygens (including phenoxy) is 6. The largest absolute Gasteiger partial charge is 0.459 e. The number of alkyl halides is 1. The van der Waals surface area contributed by atoms with E-state index >= 15 is 0 Å². The van der Waals surface area contributed by atoms with Crippen LogP contribution >= 0.6 is 15.9 Å². The Morgan fingerprint density at radius 2 is 1.14 bits per heavy atom. The second-order valence-electron chi connectivity index (χ2n) is 27.6. The van der Waals surface area contributed by atoms with Gasteiger partial charge in [0.2, 0.25) is 0 Å². The number of aromatic nitrogens is 2. The highest BCUT2D eigenvalue weighted by Gasteiger charge is 2.42. The average Bonchev–Trinajstić information content (AvgIpc) is 1.96. The van der Waals surface area contributed by atoms with E-state index in [0.717, 1.165) is 108 Å². The van der Waals surface area contributed by atoms with Crippen molar-refractivity contribution in [3.05, 3.63) is 128 Å². The van der Waals surface area contributed by atoms with Crippen LogP contribution in [0.15, 0.2) is 60.7 Å². The zero-order chi connectivity index (χ0) is 60.9. The van der Waals surface area contributed by atoms with Crippen LogP contribution in [-0.4, -0.2) is 101 Å². The van der Waals surface area contributed by atoms with Crippen molar-refractivity contribution in [1.29, 1.82) is 0 Å². The Morgan fingerprint density at radius 3 is 1.63 bits per heavy atom. The summed E-state index contributed by atoms with van der Waals surface area (Å²) in [6, 6.07) is 17.5. The molecule has 4 unspecified atom stereocenters. The number of esters is 2. The molecule has 2 aromatic carbocycles. The van der Waals surface area contributed by atoms with Crippen molar-refractivity contribution in [2.24, 2.45) is 0 Å². The van der Waals surface area contributed by atoms with E-state index in [1.807, 2.05) is 34.6 Å². The normalized spacial score (nSPS) is 22.2. The van der Waals surface area contributed by atoms with Gasteiger partial charge in [0.1, 0.15) is 33.7 Å². The van der Waals surface area contributed by atoms with Crippen LogP contribution in [0.5, 0.6) is 0 Å². The van der Waals surface area contributed by atoms with Gasteiger partial charge in [0.15, 0.2) is 0 Å². The van der Waals surface area contributed by atoms with Gasteiger partial charge in [-0.3, -0.25) is 19.7 Å². The average molecular weight is 1260 g/mol. The molecule has 12 nitrogen and oxygen atoms in total. The third-order valence-electron chi connectivity index (χ3n) is 16.9. The first-order chi connectivity index (χ1) is 40.4. The van der Waals surface area contributed by atoms with Gasteiger partial charge in [-0.1, -0.05) is 47.6 Å². The molecule has 0 saturated carbocycles. The van der Waals surface area contributed by atoms with Crippen LogP contribution in [0.2, 0.25) is 0 Å². The fourth-order valence-electron chi connectivity index (χ4n) is 12.6. The summed E-state index contributed by atoms with van der Waals surface area (Å²) in [7, 11) is 0. The van der Waals surface area contributed by atoms with E-state index in [0.29, 0.717) is 36.9 Å². The first kappa shape index (κ1) is 69.3. The van der Waals surface area contributed by atoms with Crippen molar-refractivity contribution in [1.82, 2.24) is 20.2 Å². The second-order valence-corrected chi connectivity index (χ2v) is 28.5. The SMILES string of the molecule is C.CC(C)(C)OC(=O)C(Br)c1cc(F)ccc1C1CCC(C)(C)O1.CC(C)(C)OC(=O)C(c1cc(F)ccc1C1CCC(C)(C)O1)N1CC[C@@H](OCCCCc2ccc3c(n2)CCCC3)C1.c1cc2c(nc1CCCCO[C@@H]1CCNC1)CCCC2. The predicted octanol–water partition coefficient (Wildman–Crippen LogP) is 15.8. The van der Waals surface area contributed by atoms with Crippen LogP contribution in [0.3, 0.4) is 0 Å². The van der Waals surface area contributed by atoms with E-state index in [1.165, 1.54) is 110 Å². The third-order valence-corrected chi connectivity index (χ3v) is 17.8. The zero-order valence-electron chi connectivity index (χ0n) is 52.9. The molecule has 4 fully saturated rings. The Hall–Kier alpha value is -4.22. The molecular weight excluding hydrogens is 1150 g/mol. The quantitative estimate of drug-likeness (QED) is 0.0545. The number of carbonyl (C=O) groups excluding carboxylic acids is 2. The van der Waals surface area contributed by atoms with Gasteiger partial charge in [-0.05, 0) is 274 Å². The second kappa shape index (κ2) is 31.5. The summed E-state index contributed by atoms with van der Waals surface area (Å²) in [5.74, 6) is -1.53. The lowest BCUT2D eigenvalue weighted by Crippen LogP contribution is -2.38.